The zero-order chi connectivity index (χ0) is 39.4. The molecule has 2 aromatic rings. The maximum Gasteiger partial charge on any atom is 0.270 e. The molecule has 1 aliphatic carbocycles. The van der Waals surface area contributed by atoms with Crippen molar-refractivity contribution in [2.45, 2.75) is 102 Å². The first-order chi connectivity index (χ1) is 24.8. The first-order valence-corrected chi connectivity index (χ1v) is 29.7. The van der Waals surface area contributed by atoms with Crippen molar-refractivity contribution >= 4 is 74.5 Å². The van der Waals surface area contributed by atoms with Crippen molar-refractivity contribution in [2.75, 3.05) is 13.2 Å². The van der Waals surface area contributed by atoms with Crippen LogP contribution in [0, 0.1) is 0 Å². The summed E-state index contributed by atoms with van der Waals surface area (Å²) in [4.78, 5) is 45.2. The monoisotopic (exact) mass is 911 g/mol. The zero-order valence-electron chi connectivity index (χ0n) is 32.1. The Kier molecular flexibility index (Phi) is 17.5. The van der Waals surface area contributed by atoms with Crippen molar-refractivity contribution in [3.8, 4) is 0 Å². The van der Waals surface area contributed by atoms with Gasteiger partial charge in [0.25, 0.3) is 17.7 Å². The van der Waals surface area contributed by atoms with Gasteiger partial charge in [0.2, 0.25) is 0 Å². The lowest BCUT2D eigenvalue weighted by Gasteiger charge is -2.42. The van der Waals surface area contributed by atoms with Gasteiger partial charge in [-0.05, 0) is 92.2 Å². The molecule has 0 saturated carbocycles. The van der Waals surface area contributed by atoms with Crippen LogP contribution in [0.1, 0.15) is 27.5 Å². The minimum atomic E-state index is -2.52. The Hall–Kier alpha value is -2.26. The molecule has 11 nitrogen and oxygen atoms in total. The van der Waals surface area contributed by atoms with Gasteiger partial charge >= 0.3 is 0 Å². The van der Waals surface area contributed by atoms with Crippen LogP contribution in [-0.2, 0) is 38.8 Å². The highest BCUT2D eigenvalue weighted by molar-refractivity contribution is 9.11. The van der Waals surface area contributed by atoms with E-state index in [0.717, 1.165) is 11.1 Å². The Morgan fingerprint density at radius 3 is 1.74 bits per heavy atom. The van der Waals surface area contributed by atoms with Crippen LogP contribution in [-0.4, -0.2) is 86.4 Å². The summed E-state index contributed by atoms with van der Waals surface area (Å²) in [5.74, 6) is -1.63. The van der Waals surface area contributed by atoms with Gasteiger partial charge in [0, 0.05) is 12.0 Å². The van der Waals surface area contributed by atoms with E-state index in [1.54, 1.807) is 52.5 Å². The Balaban J connectivity index is 2.11. The van der Waals surface area contributed by atoms with Gasteiger partial charge < -0.3 is 28.1 Å². The molecule has 16 heteroatoms. The first-order valence-electron chi connectivity index (χ1n) is 17.6. The fraction of sp³-hybridized carbons (Fsp3) is 0.486. The highest BCUT2D eigenvalue weighted by Gasteiger charge is 2.48. The summed E-state index contributed by atoms with van der Waals surface area (Å²) in [5, 5.41) is 3.27. The molecule has 3 amide bonds. The van der Waals surface area contributed by atoms with Crippen molar-refractivity contribution in [3.63, 3.8) is 0 Å². The number of carbonyl (C=O) groups excluding carboxylic acids is 3. The van der Waals surface area contributed by atoms with Gasteiger partial charge in [-0.1, -0.05) is 86.5 Å². The second kappa shape index (κ2) is 20.6. The molecule has 0 saturated heterocycles. The standard InChI is InChI=1S/C37H55Br2N3O8Si3/c1-51(2,3)48-29-25-27-19-13-14-20-28(27)30(29)40-36(44)33(46-23-15-21-38)31(49-52(4,5)6)32(50-53(7,8)9)34(47-24-16-22-39)37(45)42-41-35(43)26-17-11-10-12-18-26/h10-22,29-34H,23-25H2,1-9H3,(H,40,44)(H,41,43)(H,42,45)/b21-15+,22-16+/t29-,30+,31-,32-,33-,34-/m1/s1. The van der Waals surface area contributed by atoms with Gasteiger partial charge in [0.05, 0.1) is 25.4 Å². The van der Waals surface area contributed by atoms with Crippen LogP contribution in [0.4, 0.5) is 0 Å². The minimum absolute atomic E-state index is 0.0137. The Bertz CT molecular complexity index is 1560. The summed E-state index contributed by atoms with van der Waals surface area (Å²) in [6, 6.07) is 16.1. The molecule has 0 spiro atoms. The third-order valence-corrected chi connectivity index (χ3v) is 11.4. The normalized spacial score (nSPS) is 18.7. The summed E-state index contributed by atoms with van der Waals surface area (Å²) in [5.41, 5.74) is 7.47. The molecule has 0 radical (unpaired) electrons. The van der Waals surface area contributed by atoms with Crippen LogP contribution < -0.4 is 16.2 Å². The van der Waals surface area contributed by atoms with E-state index in [9.17, 15) is 14.4 Å². The largest absolute Gasteiger partial charge is 0.412 e. The number of amides is 3. The predicted molar refractivity (Wildman–Crippen MR) is 223 cm³/mol. The van der Waals surface area contributed by atoms with E-state index in [4.69, 9.17) is 22.8 Å². The molecule has 1 aliphatic rings. The molecule has 3 N–H and O–H groups in total. The quantitative estimate of drug-likeness (QED) is 0.100. The molecule has 0 aliphatic heterocycles. The molecule has 2 aromatic carbocycles. The van der Waals surface area contributed by atoms with Gasteiger partial charge in [-0.15, -0.1) is 0 Å². The van der Waals surface area contributed by atoms with Crippen molar-refractivity contribution < 1.29 is 37.1 Å². The highest BCUT2D eigenvalue weighted by Crippen LogP contribution is 2.35. The topological polar surface area (TPSA) is 133 Å². The SMILES string of the molecule is C[Si](C)(C)O[C@H]([C@@H](O[Si](C)(C)C)[C@@H](OC/C=C/Br)C(=O)N[C@H]1c2ccccc2C[C@H]1O[Si](C)(C)C)[C@@H](OC/C=C/Br)C(=O)NNC(=O)c1ccccc1. The Morgan fingerprint density at radius 1 is 0.717 bits per heavy atom. The second-order valence-electron chi connectivity index (χ2n) is 15.6. The van der Waals surface area contributed by atoms with Gasteiger partial charge in [-0.3, -0.25) is 25.2 Å². The summed E-state index contributed by atoms with van der Waals surface area (Å²) >= 11 is 6.57. The lowest BCUT2D eigenvalue weighted by molar-refractivity contribution is -0.161. The van der Waals surface area contributed by atoms with E-state index in [2.05, 4.69) is 73.7 Å². The summed E-state index contributed by atoms with van der Waals surface area (Å²) in [6.07, 6.45) is -1.06. The van der Waals surface area contributed by atoms with Crippen molar-refractivity contribution in [1.82, 2.24) is 16.2 Å². The third kappa shape index (κ3) is 15.1. The predicted octanol–water partition coefficient (Wildman–Crippen LogP) is 7.11. The molecule has 6 atom stereocenters. The number of ether oxygens (including phenoxy) is 2. The molecule has 0 heterocycles. The fourth-order valence-electron chi connectivity index (χ4n) is 5.83. The second-order valence-corrected chi connectivity index (χ2v) is 30.0. The summed E-state index contributed by atoms with van der Waals surface area (Å²) in [6.45, 7) is 18.4. The van der Waals surface area contributed by atoms with E-state index in [-0.39, 0.29) is 19.3 Å². The van der Waals surface area contributed by atoms with Gasteiger partial charge in [0.15, 0.2) is 37.2 Å². The van der Waals surface area contributed by atoms with E-state index in [1.807, 2.05) is 57.5 Å². The number of hydrogen-bond donors (Lipinski definition) is 3. The zero-order valence-corrected chi connectivity index (χ0v) is 38.3. The van der Waals surface area contributed by atoms with E-state index in [1.165, 1.54) is 0 Å². The van der Waals surface area contributed by atoms with Crippen molar-refractivity contribution in [3.05, 3.63) is 93.4 Å². The lowest BCUT2D eigenvalue weighted by atomic mass is 10.0. The van der Waals surface area contributed by atoms with Crippen LogP contribution in [0.25, 0.3) is 0 Å². The van der Waals surface area contributed by atoms with E-state index >= 15 is 0 Å². The lowest BCUT2D eigenvalue weighted by Crippen LogP contribution is -2.63. The number of rotatable bonds is 19. The Labute approximate surface area is 334 Å². The molecular weight excluding hydrogens is 858 g/mol. The maximum atomic E-state index is 14.8. The molecular formula is C37H55Br2N3O8Si3. The third-order valence-electron chi connectivity index (χ3n) is 7.66. The van der Waals surface area contributed by atoms with Gasteiger partial charge in [0.1, 0.15) is 12.2 Å². The number of benzene rings is 2. The van der Waals surface area contributed by atoms with Crippen molar-refractivity contribution in [1.29, 1.82) is 0 Å². The Morgan fingerprint density at radius 2 is 1.23 bits per heavy atom. The number of nitrogens with one attached hydrogen (secondary N) is 3. The number of hydrazine groups is 1. The molecule has 0 bridgehead atoms. The van der Waals surface area contributed by atoms with E-state index in [0.29, 0.717) is 12.0 Å². The smallest absolute Gasteiger partial charge is 0.270 e. The van der Waals surface area contributed by atoms with Crippen LogP contribution in [0.2, 0.25) is 58.9 Å². The average molecular weight is 914 g/mol. The number of fused-ring (bicyclic) bond motifs is 1. The van der Waals surface area contributed by atoms with Crippen molar-refractivity contribution in [2.24, 2.45) is 0 Å². The summed E-state index contributed by atoms with van der Waals surface area (Å²) in [7, 11) is -7.04. The molecule has 0 aromatic heterocycles. The molecule has 0 unspecified atom stereocenters. The highest BCUT2D eigenvalue weighted by atomic mass is 79.9. The van der Waals surface area contributed by atoms with E-state index < -0.39 is 73.1 Å². The van der Waals surface area contributed by atoms with Gasteiger partial charge in [-0.2, -0.15) is 0 Å². The number of halogens is 2. The summed E-state index contributed by atoms with van der Waals surface area (Å²) < 4.78 is 32.9. The molecule has 0 fully saturated rings. The fourth-order valence-corrected chi connectivity index (χ4v) is 9.41. The van der Waals surface area contributed by atoms with Crippen LogP contribution in [0.15, 0.2) is 76.7 Å². The van der Waals surface area contributed by atoms with Crippen LogP contribution in [0.3, 0.4) is 0 Å². The molecule has 53 heavy (non-hydrogen) atoms. The van der Waals surface area contributed by atoms with Gasteiger partial charge in [-0.25, -0.2) is 0 Å². The number of carbonyl (C=O) groups is 3. The first kappa shape index (κ1) is 45.1. The maximum absolute atomic E-state index is 14.8. The van der Waals surface area contributed by atoms with Crippen LogP contribution >= 0.6 is 31.9 Å². The minimum Gasteiger partial charge on any atom is -0.412 e. The molecule has 3 rings (SSSR count). The molecule has 292 valence electrons. The average Bonchev–Trinajstić information content (AvgIpc) is 3.40. The van der Waals surface area contributed by atoms with Crippen LogP contribution in [0.5, 0.6) is 0 Å². The number of hydrogen-bond acceptors (Lipinski definition) is 8.